The van der Waals surface area contributed by atoms with Gasteiger partial charge in [0.25, 0.3) is 5.91 Å². The smallest absolute Gasteiger partial charge is 0.270 e. The van der Waals surface area contributed by atoms with E-state index in [4.69, 9.17) is 4.42 Å². The largest absolute Gasteiger partial charge is 0.424 e. The Labute approximate surface area is 164 Å². The maximum absolute atomic E-state index is 12.9. The van der Waals surface area contributed by atoms with Gasteiger partial charge >= 0.3 is 0 Å². The van der Waals surface area contributed by atoms with Gasteiger partial charge in [0, 0.05) is 43.5 Å². The molecule has 1 aromatic carbocycles. The lowest BCUT2D eigenvalue weighted by Gasteiger charge is -2.36. The van der Waals surface area contributed by atoms with Crippen LogP contribution in [0.5, 0.6) is 0 Å². The topological polar surface area (TPSA) is 78.3 Å². The third-order valence-electron chi connectivity index (χ3n) is 5.33. The molecule has 0 aliphatic carbocycles. The van der Waals surface area contributed by atoms with Gasteiger partial charge in [0.05, 0.1) is 6.04 Å². The molecule has 7 heteroatoms. The predicted octanol–water partition coefficient (Wildman–Crippen LogP) is 3.27. The van der Waals surface area contributed by atoms with E-state index in [1.54, 1.807) is 0 Å². The summed E-state index contributed by atoms with van der Waals surface area (Å²) in [5.41, 5.74) is 1.64. The molecule has 0 spiro atoms. The normalized spacial score (nSPS) is 16.8. The molecule has 1 aliphatic rings. The van der Waals surface area contributed by atoms with Gasteiger partial charge in [-0.2, -0.15) is 0 Å². The summed E-state index contributed by atoms with van der Waals surface area (Å²) >= 11 is 0. The third-order valence-corrected chi connectivity index (χ3v) is 5.33. The number of amides is 1. The molecule has 1 unspecified atom stereocenters. The molecule has 2 aromatic heterocycles. The number of para-hydroxylation sites is 1. The summed E-state index contributed by atoms with van der Waals surface area (Å²) in [7, 11) is 0. The van der Waals surface area contributed by atoms with E-state index in [-0.39, 0.29) is 11.9 Å². The van der Waals surface area contributed by atoms with Crippen molar-refractivity contribution in [2.45, 2.75) is 33.2 Å². The van der Waals surface area contributed by atoms with Crippen molar-refractivity contribution in [1.29, 1.82) is 0 Å². The predicted molar refractivity (Wildman–Crippen MR) is 107 cm³/mol. The Bertz CT molecular complexity index is 920. The Morgan fingerprint density at radius 3 is 2.61 bits per heavy atom. The Morgan fingerprint density at radius 1 is 1.14 bits per heavy atom. The average molecular weight is 381 g/mol. The highest BCUT2D eigenvalue weighted by Crippen LogP contribution is 2.22. The number of piperazine rings is 1. The van der Waals surface area contributed by atoms with E-state index in [9.17, 15) is 4.79 Å². The molecule has 0 bridgehead atoms. The highest BCUT2D eigenvalue weighted by Gasteiger charge is 2.28. The molecule has 1 aliphatic heterocycles. The van der Waals surface area contributed by atoms with E-state index in [1.165, 1.54) is 0 Å². The van der Waals surface area contributed by atoms with Crippen molar-refractivity contribution in [3.63, 3.8) is 0 Å². The molecule has 1 amide bonds. The Hall–Kier alpha value is -2.67. The van der Waals surface area contributed by atoms with Gasteiger partial charge in [-0.05, 0) is 25.0 Å². The lowest BCUT2D eigenvalue weighted by Crippen LogP contribution is -2.49. The van der Waals surface area contributed by atoms with Crippen LogP contribution in [0.2, 0.25) is 0 Å². The van der Waals surface area contributed by atoms with E-state index in [0.29, 0.717) is 36.5 Å². The Balaban J connectivity index is 1.37. The van der Waals surface area contributed by atoms with Crippen LogP contribution >= 0.6 is 0 Å². The fraction of sp³-hybridized carbons (Fsp3) is 0.476. The van der Waals surface area contributed by atoms with Crippen molar-refractivity contribution in [2.24, 2.45) is 5.92 Å². The van der Waals surface area contributed by atoms with Crippen LogP contribution in [-0.4, -0.2) is 57.1 Å². The maximum atomic E-state index is 12.9. The maximum Gasteiger partial charge on any atom is 0.270 e. The summed E-state index contributed by atoms with van der Waals surface area (Å²) < 4.78 is 5.84. The first-order valence-electron chi connectivity index (χ1n) is 9.94. The number of aromatic nitrogens is 3. The molecule has 3 heterocycles. The van der Waals surface area contributed by atoms with Gasteiger partial charge in [0.1, 0.15) is 5.69 Å². The first-order valence-corrected chi connectivity index (χ1v) is 9.94. The average Bonchev–Trinajstić information content (AvgIpc) is 3.33. The van der Waals surface area contributed by atoms with Crippen molar-refractivity contribution >= 4 is 16.8 Å². The SMILES string of the molecule is CC(C)Cc1nnc(C(C)N2CCN(C(=O)c3cc4ccccc4[nH]3)CC2)o1. The van der Waals surface area contributed by atoms with Gasteiger partial charge in [-0.15, -0.1) is 10.2 Å². The molecular formula is C21H27N5O2. The van der Waals surface area contributed by atoms with Crippen LogP contribution in [0.15, 0.2) is 34.7 Å². The first kappa shape index (κ1) is 18.7. The van der Waals surface area contributed by atoms with E-state index in [0.717, 1.165) is 30.4 Å². The van der Waals surface area contributed by atoms with Gasteiger partial charge in [0.2, 0.25) is 11.8 Å². The van der Waals surface area contributed by atoms with E-state index < -0.39 is 0 Å². The molecule has 1 fully saturated rings. The second-order valence-corrected chi connectivity index (χ2v) is 7.91. The Kier molecular flexibility index (Phi) is 5.17. The molecule has 3 aromatic rings. The summed E-state index contributed by atoms with van der Waals surface area (Å²) in [6.45, 7) is 9.30. The number of fused-ring (bicyclic) bond motifs is 1. The van der Waals surface area contributed by atoms with E-state index in [2.05, 4.69) is 40.9 Å². The molecule has 1 N–H and O–H groups in total. The van der Waals surface area contributed by atoms with E-state index in [1.807, 2.05) is 35.2 Å². The third kappa shape index (κ3) is 3.80. The molecule has 4 rings (SSSR count). The van der Waals surface area contributed by atoms with Crippen molar-refractivity contribution in [2.75, 3.05) is 26.2 Å². The zero-order chi connectivity index (χ0) is 19.7. The number of nitrogens with one attached hydrogen (secondary N) is 1. The molecule has 28 heavy (non-hydrogen) atoms. The zero-order valence-corrected chi connectivity index (χ0v) is 16.7. The minimum Gasteiger partial charge on any atom is -0.424 e. The Morgan fingerprint density at radius 2 is 1.89 bits per heavy atom. The summed E-state index contributed by atoms with van der Waals surface area (Å²) in [6, 6.07) is 9.94. The molecular weight excluding hydrogens is 354 g/mol. The number of aromatic amines is 1. The zero-order valence-electron chi connectivity index (χ0n) is 16.7. The van der Waals surface area contributed by atoms with Crippen LogP contribution in [0.25, 0.3) is 10.9 Å². The van der Waals surface area contributed by atoms with Crippen LogP contribution < -0.4 is 0 Å². The van der Waals surface area contributed by atoms with Crippen LogP contribution in [0.1, 0.15) is 49.1 Å². The number of benzene rings is 1. The lowest BCUT2D eigenvalue weighted by atomic mass is 10.1. The van der Waals surface area contributed by atoms with Crippen molar-refractivity contribution in [1.82, 2.24) is 25.0 Å². The van der Waals surface area contributed by atoms with Gasteiger partial charge in [0.15, 0.2) is 0 Å². The van der Waals surface area contributed by atoms with Crippen molar-refractivity contribution in [3.05, 3.63) is 47.8 Å². The lowest BCUT2D eigenvalue weighted by molar-refractivity contribution is 0.0552. The number of H-pyrrole nitrogens is 1. The highest BCUT2D eigenvalue weighted by molar-refractivity contribution is 5.98. The number of hydrogen-bond donors (Lipinski definition) is 1. The van der Waals surface area contributed by atoms with Crippen LogP contribution in [0.4, 0.5) is 0 Å². The van der Waals surface area contributed by atoms with Crippen LogP contribution in [-0.2, 0) is 6.42 Å². The molecule has 0 radical (unpaired) electrons. The number of carbonyl (C=O) groups is 1. The second-order valence-electron chi connectivity index (χ2n) is 7.91. The summed E-state index contributed by atoms with van der Waals surface area (Å²) in [5.74, 6) is 1.90. The molecule has 1 atom stereocenters. The number of nitrogens with zero attached hydrogens (tertiary/aromatic N) is 4. The van der Waals surface area contributed by atoms with Crippen molar-refractivity contribution in [3.8, 4) is 0 Å². The van der Waals surface area contributed by atoms with Crippen LogP contribution in [0, 0.1) is 5.92 Å². The van der Waals surface area contributed by atoms with Gasteiger partial charge in [-0.1, -0.05) is 32.0 Å². The standard InChI is InChI=1S/C21H27N5O2/c1-14(2)12-19-23-24-20(28-19)15(3)25-8-10-26(11-9-25)21(27)18-13-16-6-4-5-7-17(16)22-18/h4-7,13-15,22H,8-12H2,1-3H3. The van der Waals surface area contributed by atoms with Crippen molar-refractivity contribution < 1.29 is 9.21 Å². The monoisotopic (exact) mass is 381 g/mol. The molecule has 0 saturated carbocycles. The summed E-state index contributed by atoms with van der Waals surface area (Å²) in [5, 5.41) is 9.45. The minimum atomic E-state index is 0.0544. The van der Waals surface area contributed by atoms with Gasteiger partial charge in [-0.3, -0.25) is 9.69 Å². The molecule has 7 nitrogen and oxygen atoms in total. The second kappa shape index (κ2) is 7.75. The van der Waals surface area contributed by atoms with Gasteiger partial charge < -0.3 is 14.3 Å². The minimum absolute atomic E-state index is 0.0544. The number of rotatable bonds is 5. The fourth-order valence-corrected chi connectivity index (χ4v) is 3.69. The summed E-state index contributed by atoms with van der Waals surface area (Å²) in [6.07, 6.45) is 0.798. The highest BCUT2D eigenvalue weighted by atomic mass is 16.4. The first-order chi connectivity index (χ1) is 13.5. The number of carbonyl (C=O) groups excluding carboxylic acids is 1. The number of hydrogen-bond acceptors (Lipinski definition) is 5. The molecule has 148 valence electrons. The van der Waals surface area contributed by atoms with E-state index >= 15 is 0 Å². The molecule has 1 saturated heterocycles. The van der Waals surface area contributed by atoms with Gasteiger partial charge in [-0.25, -0.2) is 0 Å². The van der Waals surface area contributed by atoms with Crippen LogP contribution in [0.3, 0.4) is 0 Å². The quantitative estimate of drug-likeness (QED) is 0.734. The summed E-state index contributed by atoms with van der Waals surface area (Å²) in [4.78, 5) is 20.3. The fourth-order valence-electron chi connectivity index (χ4n) is 3.69.